The van der Waals surface area contributed by atoms with Crippen LogP contribution >= 0.6 is 7.82 Å². The lowest BCUT2D eigenvalue weighted by molar-refractivity contribution is -0.158. The quantitative estimate of drug-likeness (QED) is 0.210. The first kappa shape index (κ1) is 34.4. The van der Waals surface area contributed by atoms with Crippen molar-refractivity contribution in [3.63, 3.8) is 0 Å². The third-order valence-electron chi connectivity index (χ3n) is 4.95. The SMILES string of the molecule is CC(C)(C)OC(=O)N[C@H](COP(=O)(O)OC[C@@H](COCc1ccccc1)OCc1ccccc1)C(=O)OC(C)(C)C. The average molecular weight is 596 g/mol. The van der Waals surface area contributed by atoms with Crippen molar-refractivity contribution >= 4 is 19.9 Å². The van der Waals surface area contributed by atoms with Gasteiger partial charge in [0.2, 0.25) is 0 Å². The summed E-state index contributed by atoms with van der Waals surface area (Å²) in [6.07, 6.45) is -1.64. The lowest BCUT2D eigenvalue weighted by Crippen LogP contribution is -2.48. The Bertz CT molecular complexity index is 1120. The van der Waals surface area contributed by atoms with Crippen molar-refractivity contribution in [2.45, 2.75) is 78.1 Å². The second-order valence-corrected chi connectivity index (χ2v) is 12.7. The summed E-state index contributed by atoms with van der Waals surface area (Å²) in [7, 11) is -4.70. The molecule has 0 saturated carbocycles. The van der Waals surface area contributed by atoms with Crippen LogP contribution in [0.3, 0.4) is 0 Å². The maximum atomic E-state index is 12.7. The predicted octanol–water partition coefficient (Wildman–Crippen LogP) is 5.16. The molecule has 41 heavy (non-hydrogen) atoms. The Morgan fingerprint density at radius 2 is 1.29 bits per heavy atom. The van der Waals surface area contributed by atoms with E-state index in [9.17, 15) is 19.0 Å². The zero-order valence-electron chi connectivity index (χ0n) is 24.5. The van der Waals surface area contributed by atoms with Gasteiger partial charge in [0.15, 0.2) is 6.04 Å². The average Bonchev–Trinajstić information content (AvgIpc) is 2.87. The van der Waals surface area contributed by atoms with Crippen LogP contribution in [0.1, 0.15) is 52.7 Å². The predicted molar refractivity (Wildman–Crippen MR) is 152 cm³/mol. The van der Waals surface area contributed by atoms with Crippen LogP contribution in [0.5, 0.6) is 0 Å². The van der Waals surface area contributed by atoms with E-state index in [1.807, 2.05) is 60.7 Å². The van der Waals surface area contributed by atoms with E-state index < -0.39 is 49.8 Å². The van der Waals surface area contributed by atoms with Gasteiger partial charge in [-0.25, -0.2) is 14.2 Å². The molecular weight excluding hydrogens is 553 g/mol. The molecule has 2 N–H and O–H groups in total. The van der Waals surface area contributed by atoms with Gasteiger partial charge in [-0.2, -0.15) is 0 Å². The van der Waals surface area contributed by atoms with E-state index in [-0.39, 0.29) is 19.8 Å². The van der Waals surface area contributed by atoms with Gasteiger partial charge >= 0.3 is 19.9 Å². The minimum absolute atomic E-state index is 0.0719. The van der Waals surface area contributed by atoms with Crippen molar-refractivity contribution in [1.82, 2.24) is 5.32 Å². The summed E-state index contributed by atoms with van der Waals surface area (Å²) in [5, 5.41) is 2.32. The zero-order chi connectivity index (χ0) is 30.5. The van der Waals surface area contributed by atoms with Gasteiger partial charge in [-0.15, -0.1) is 0 Å². The van der Waals surface area contributed by atoms with Crippen LogP contribution in [-0.4, -0.2) is 60.1 Å². The minimum Gasteiger partial charge on any atom is -0.458 e. The normalized spacial score (nSPS) is 14.9. The highest BCUT2D eigenvalue weighted by Gasteiger charge is 2.33. The lowest BCUT2D eigenvalue weighted by atomic mass is 10.2. The molecule has 0 fully saturated rings. The molecule has 12 heteroatoms. The summed E-state index contributed by atoms with van der Waals surface area (Å²) in [5.41, 5.74) is 0.137. The van der Waals surface area contributed by atoms with Crippen LogP contribution in [0.2, 0.25) is 0 Å². The van der Waals surface area contributed by atoms with E-state index >= 15 is 0 Å². The molecule has 2 aromatic rings. The first-order chi connectivity index (χ1) is 19.1. The topological polar surface area (TPSA) is 139 Å². The largest absolute Gasteiger partial charge is 0.472 e. The highest BCUT2D eigenvalue weighted by Crippen LogP contribution is 2.43. The number of carbonyl (C=O) groups excluding carboxylic acids is 2. The Morgan fingerprint density at radius 3 is 1.83 bits per heavy atom. The molecular formula is C29H42NO10P. The first-order valence-electron chi connectivity index (χ1n) is 13.2. The number of phosphoric acid groups is 1. The Hall–Kier alpha value is -2.79. The first-order valence-corrected chi connectivity index (χ1v) is 14.7. The van der Waals surface area contributed by atoms with E-state index in [0.29, 0.717) is 6.61 Å². The van der Waals surface area contributed by atoms with E-state index in [1.165, 1.54) is 0 Å². The van der Waals surface area contributed by atoms with Gasteiger partial charge < -0.3 is 29.2 Å². The number of amides is 1. The summed E-state index contributed by atoms with van der Waals surface area (Å²) >= 11 is 0. The zero-order valence-corrected chi connectivity index (χ0v) is 25.4. The van der Waals surface area contributed by atoms with Crippen molar-refractivity contribution in [1.29, 1.82) is 0 Å². The summed E-state index contributed by atoms with van der Waals surface area (Å²) < 4.78 is 45.1. The van der Waals surface area contributed by atoms with Gasteiger partial charge in [-0.05, 0) is 52.7 Å². The van der Waals surface area contributed by atoms with Crippen LogP contribution in [0.4, 0.5) is 4.79 Å². The molecule has 1 amide bonds. The van der Waals surface area contributed by atoms with Crippen LogP contribution in [0, 0.1) is 0 Å². The molecule has 0 aliphatic rings. The highest BCUT2D eigenvalue weighted by molar-refractivity contribution is 7.47. The number of benzene rings is 2. The molecule has 2 aromatic carbocycles. The van der Waals surface area contributed by atoms with Crippen molar-refractivity contribution in [2.24, 2.45) is 0 Å². The van der Waals surface area contributed by atoms with Crippen molar-refractivity contribution in [3.05, 3.63) is 71.8 Å². The maximum Gasteiger partial charge on any atom is 0.472 e. The molecule has 0 saturated heterocycles. The van der Waals surface area contributed by atoms with Crippen LogP contribution in [-0.2, 0) is 50.6 Å². The number of ether oxygens (including phenoxy) is 4. The van der Waals surface area contributed by atoms with Crippen LogP contribution in [0.15, 0.2) is 60.7 Å². The molecule has 0 radical (unpaired) electrons. The van der Waals surface area contributed by atoms with Gasteiger partial charge in [-0.1, -0.05) is 60.7 Å². The van der Waals surface area contributed by atoms with Crippen LogP contribution < -0.4 is 5.32 Å². The molecule has 0 aliphatic carbocycles. The van der Waals surface area contributed by atoms with Gasteiger partial charge in [-0.3, -0.25) is 9.05 Å². The molecule has 1 unspecified atom stereocenters. The lowest BCUT2D eigenvalue weighted by Gasteiger charge is -2.26. The number of hydrogen-bond donors (Lipinski definition) is 2. The number of hydrogen-bond acceptors (Lipinski definition) is 9. The van der Waals surface area contributed by atoms with Crippen molar-refractivity contribution < 1.29 is 47.0 Å². The minimum atomic E-state index is -4.70. The molecule has 11 nitrogen and oxygen atoms in total. The molecule has 0 aliphatic heterocycles. The van der Waals surface area contributed by atoms with Crippen molar-refractivity contribution in [3.8, 4) is 0 Å². The summed E-state index contributed by atoms with van der Waals surface area (Å²) in [5.74, 6) is -0.873. The van der Waals surface area contributed by atoms with E-state index in [2.05, 4.69) is 5.32 Å². The van der Waals surface area contributed by atoms with E-state index in [0.717, 1.165) is 11.1 Å². The van der Waals surface area contributed by atoms with E-state index in [4.69, 9.17) is 28.0 Å². The number of esters is 1. The Kier molecular flexibility index (Phi) is 13.4. The third-order valence-corrected chi connectivity index (χ3v) is 5.90. The standard InChI is InChI=1S/C29H42NO10P/c1-28(2,3)39-26(31)25(30-27(32)40-29(4,5)6)21-38-41(33,34)37-20-24(36-18-23-15-11-8-12-16-23)19-35-17-22-13-9-7-10-14-22/h7-16,24-25H,17-21H2,1-6H3,(H,30,32)(H,33,34)/t24-,25-/m1/s1. The second kappa shape index (κ2) is 16.0. The molecule has 0 spiro atoms. The van der Waals surface area contributed by atoms with Gasteiger partial charge in [0.05, 0.1) is 33.0 Å². The fraction of sp³-hybridized carbons (Fsp3) is 0.517. The fourth-order valence-corrected chi connectivity index (χ4v) is 3.96. The Labute approximate surface area is 242 Å². The fourth-order valence-electron chi connectivity index (χ4n) is 3.19. The number of alkyl carbamates (subject to hydrolysis) is 1. The summed E-state index contributed by atoms with van der Waals surface area (Å²) in [6, 6.07) is 17.5. The van der Waals surface area contributed by atoms with Crippen LogP contribution in [0.25, 0.3) is 0 Å². The molecule has 0 bridgehead atoms. The number of phosphoric ester groups is 1. The third kappa shape index (κ3) is 15.7. The van der Waals surface area contributed by atoms with Gasteiger partial charge in [0, 0.05) is 0 Å². The number of nitrogens with one attached hydrogen (secondary N) is 1. The maximum absolute atomic E-state index is 12.7. The smallest absolute Gasteiger partial charge is 0.458 e. The monoisotopic (exact) mass is 595 g/mol. The van der Waals surface area contributed by atoms with Gasteiger partial charge in [0.25, 0.3) is 0 Å². The molecule has 228 valence electrons. The Morgan fingerprint density at radius 1 is 0.780 bits per heavy atom. The summed E-state index contributed by atoms with van der Waals surface area (Å²) in [4.78, 5) is 35.3. The summed E-state index contributed by atoms with van der Waals surface area (Å²) in [6.45, 7) is 9.46. The Balaban J connectivity index is 2.00. The molecule has 3 atom stereocenters. The molecule has 2 rings (SSSR count). The van der Waals surface area contributed by atoms with Gasteiger partial charge in [0.1, 0.15) is 17.3 Å². The highest BCUT2D eigenvalue weighted by atomic mass is 31.2. The molecule has 0 aromatic heterocycles. The number of carbonyl (C=O) groups is 2. The molecule has 0 heterocycles. The second-order valence-electron chi connectivity index (χ2n) is 11.2. The van der Waals surface area contributed by atoms with E-state index in [1.54, 1.807) is 41.5 Å². The number of rotatable bonds is 15. The van der Waals surface area contributed by atoms with Crippen molar-refractivity contribution in [2.75, 3.05) is 19.8 Å².